The number of amides is 1. The molecule has 3 aromatic rings. The van der Waals surface area contributed by atoms with Crippen molar-refractivity contribution in [1.29, 1.82) is 0 Å². The second kappa shape index (κ2) is 12.6. The number of halogens is 2. The molecule has 0 unspecified atom stereocenters. The van der Waals surface area contributed by atoms with E-state index in [1.54, 1.807) is 36.4 Å². The Hall–Kier alpha value is -3.78. The minimum atomic E-state index is -0.978. The molecular weight excluding hydrogens is 490 g/mol. The number of ether oxygens (including phenoxy) is 2. The summed E-state index contributed by atoms with van der Waals surface area (Å²) in [6.45, 7) is 6.29. The zero-order chi connectivity index (χ0) is 27.1. The van der Waals surface area contributed by atoms with Crippen molar-refractivity contribution in [2.24, 2.45) is 5.73 Å². The van der Waals surface area contributed by atoms with E-state index >= 15 is 0 Å². The molecule has 0 atom stereocenters. The van der Waals surface area contributed by atoms with Crippen molar-refractivity contribution in [3.8, 4) is 22.6 Å². The molecule has 0 bridgehead atoms. The van der Waals surface area contributed by atoms with Crippen LogP contribution in [-0.2, 0) is 11.2 Å². The van der Waals surface area contributed by atoms with Gasteiger partial charge in [-0.3, -0.25) is 9.59 Å². The van der Waals surface area contributed by atoms with Gasteiger partial charge in [0, 0.05) is 5.56 Å². The van der Waals surface area contributed by atoms with Crippen molar-refractivity contribution in [3.63, 3.8) is 0 Å². The minimum absolute atomic E-state index is 0.260. The van der Waals surface area contributed by atoms with Crippen LogP contribution in [0.3, 0.4) is 0 Å². The second-order valence-electron chi connectivity index (χ2n) is 9.48. The summed E-state index contributed by atoms with van der Waals surface area (Å²) in [5.74, 6) is -1.46. The van der Waals surface area contributed by atoms with E-state index in [1.807, 2.05) is 13.0 Å². The molecule has 1 amide bonds. The summed E-state index contributed by atoms with van der Waals surface area (Å²) < 4.78 is 37.4. The number of Topliss-reactive ketones (excluding diaryl/α,β-unsaturated/α-hetero) is 1. The van der Waals surface area contributed by atoms with Crippen molar-refractivity contribution in [1.82, 2.24) is 4.90 Å². The molecule has 6 nitrogen and oxygen atoms in total. The fourth-order valence-electron chi connectivity index (χ4n) is 4.72. The number of aryl methyl sites for hydroxylation is 2. The Kier molecular flexibility index (Phi) is 9.07. The van der Waals surface area contributed by atoms with Crippen molar-refractivity contribution >= 4 is 11.7 Å². The maximum absolute atomic E-state index is 13.8. The van der Waals surface area contributed by atoms with Crippen molar-refractivity contribution in [2.75, 3.05) is 32.8 Å². The summed E-state index contributed by atoms with van der Waals surface area (Å²) in [6, 6.07) is 14.4. The summed E-state index contributed by atoms with van der Waals surface area (Å²) >= 11 is 0. The molecular formula is C30H32F2N2O4. The van der Waals surface area contributed by atoms with Crippen molar-refractivity contribution in [3.05, 3.63) is 82.9 Å². The summed E-state index contributed by atoms with van der Waals surface area (Å²) in [5.41, 5.74) is 8.75. The first kappa shape index (κ1) is 27.3. The van der Waals surface area contributed by atoms with Gasteiger partial charge in [0.15, 0.2) is 17.3 Å². The van der Waals surface area contributed by atoms with Gasteiger partial charge in [-0.05, 0) is 105 Å². The summed E-state index contributed by atoms with van der Waals surface area (Å²) in [7, 11) is 0. The molecule has 8 heteroatoms. The van der Waals surface area contributed by atoms with Crippen LogP contribution in [0.25, 0.3) is 11.1 Å². The third-order valence-corrected chi connectivity index (χ3v) is 6.66. The lowest BCUT2D eigenvalue weighted by atomic mass is 9.97. The molecule has 0 saturated carbocycles. The number of ketones is 1. The largest absolute Gasteiger partial charge is 0.486 e. The number of primary amides is 1. The van der Waals surface area contributed by atoms with Crippen LogP contribution in [0.15, 0.2) is 54.6 Å². The summed E-state index contributed by atoms with van der Waals surface area (Å²) in [5, 5.41) is 0. The van der Waals surface area contributed by atoms with Crippen LogP contribution in [0.2, 0.25) is 0 Å². The van der Waals surface area contributed by atoms with E-state index in [1.165, 1.54) is 38.1 Å². The topological polar surface area (TPSA) is 81.9 Å². The van der Waals surface area contributed by atoms with Crippen LogP contribution >= 0.6 is 0 Å². The molecule has 2 aliphatic heterocycles. The molecule has 0 radical (unpaired) electrons. The van der Waals surface area contributed by atoms with E-state index in [0.717, 1.165) is 41.6 Å². The average Bonchev–Trinajstić information content (AvgIpc) is 3.43. The Morgan fingerprint density at radius 3 is 2.34 bits per heavy atom. The molecule has 0 aliphatic carbocycles. The predicted octanol–water partition coefficient (Wildman–Crippen LogP) is 5.09. The lowest BCUT2D eigenvalue weighted by molar-refractivity contribution is -0.114. The highest BCUT2D eigenvalue weighted by Gasteiger charge is 2.18. The van der Waals surface area contributed by atoms with E-state index in [9.17, 15) is 18.4 Å². The van der Waals surface area contributed by atoms with Crippen LogP contribution < -0.4 is 15.2 Å². The highest BCUT2D eigenvalue weighted by atomic mass is 19.1. The molecule has 0 aromatic heterocycles. The Labute approximate surface area is 221 Å². The molecule has 38 heavy (non-hydrogen) atoms. The van der Waals surface area contributed by atoms with E-state index < -0.39 is 11.7 Å². The molecule has 5 rings (SSSR count). The number of likely N-dealkylation sites (tertiary alicyclic amines) is 1. The number of hydrogen-bond donors (Lipinski definition) is 1. The predicted molar refractivity (Wildman–Crippen MR) is 141 cm³/mol. The monoisotopic (exact) mass is 522 g/mol. The molecule has 200 valence electrons. The van der Waals surface area contributed by atoms with Crippen LogP contribution in [0.5, 0.6) is 11.5 Å². The van der Waals surface area contributed by atoms with Gasteiger partial charge in [-0.1, -0.05) is 24.3 Å². The third-order valence-electron chi connectivity index (χ3n) is 6.66. The number of carbonyl (C=O) groups excluding carboxylic acids is 2. The zero-order valence-electron chi connectivity index (χ0n) is 21.5. The standard InChI is InChI=1S/C15H20FNO2.C15H12FNO2/c16-13-10-12(4-3-7-17-5-1-2-6-17)11-14-15(13)19-9-8-18-14;1-9-8-11(14(18)15(17)19)4-7-13(9)10-2-5-12(16)6-3-10/h10-11H,1-9H2;2-8H,1H3,(H2,17,19). The van der Waals surface area contributed by atoms with Crippen LogP contribution in [-0.4, -0.2) is 49.4 Å². The number of fused-ring (bicyclic) bond motifs is 1. The van der Waals surface area contributed by atoms with Crippen molar-refractivity contribution in [2.45, 2.75) is 32.6 Å². The smallest absolute Gasteiger partial charge is 0.289 e. The molecule has 2 heterocycles. The fraction of sp³-hybridized carbons (Fsp3) is 0.333. The first-order valence-corrected chi connectivity index (χ1v) is 12.8. The molecule has 2 N–H and O–H groups in total. The maximum atomic E-state index is 13.8. The number of carbonyl (C=O) groups is 2. The molecule has 2 aliphatic rings. The minimum Gasteiger partial charge on any atom is -0.486 e. The van der Waals surface area contributed by atoms with Crippen LogP contribution in [0.4, 0.5) is 8.78 Å². The molecule has 0 spiro atoms. The van der Waals surface area contributed by atoms with Gasteiger partial charge in [0.1, 0.15) is 19.0 Å². The SMILES string of the molecule is Cc1cc(C(=O)C(N)=O)ccc1-c1ccc(F)cc1.Fc1cc(CCCN2CCCC2)cc2c1OCCO2. The lowest BCUT2D eigenvalue weighted by Gasteiger charge is -2.20. The van der Waals surface area contributed by atoms with E-state index in [-0.39, 0.29) is 22.9 Å². The maximum Gasteiger partial charge on any atom is 0.289 e. The van der Waals surface area contributed by atoms with Crippen LogP contribution in [0.1, 0.15) is 40.7 Å². The fourth-order valence-corrected chi connectivity index (χ4v) is 4.72. The quantitative estimate of drug-likeness (QED) is 0.345. The summed E-state index contributed by atoms with van der Waals surface area (Å²) in [6.07, 6.45) is 4.60. The number of benzene rings is 3. The summed E-state index contributed by atoms with van der Waals surface area (Å²) in [4.78, 5) is 24.8. The number of hydrogen-bond acceptors (Lipinski definition) is 5. The molecule has 1 fully saturated rings. The molecule has 1 saturated heterocycles. The highest BCUT2D eigenvalue weighted by Crippen LogP contribution is 2.34. The van der Waals surface area contributed by atoms with Gasteiger partial charge >= 0.3 is 0 Å². The van der Waals surface area contributed by atoms with Crippen LogP contribution in [0, 0.1) is 18.6 Å². The normalized spacial score (nSPS) is 14.5. The van der Waals surface area contributed by atoms with Gasteiger partial charge in [-0.15, -0.1) is 0 Å². The van der Waals surface area contributed by atoms with Gasteiger partial charge in [0.2, 0.25) is 5.78 Å². The molecule has 3 aromatic carbocycles. The van der Waals surface area contributed by atoms with Gasteiger partial charge in [-0.2, -0.15) is 0 Å². The Balaban J connectivity index is 0.000000177. The van der Waals surface area contributed by atoms with E-state index in [2.05, 4.69) is 4.90 Å². The number of nitrogens with two attached hydrogens (primary N) is 1. The Bertz CT molecular complexity index is 1290. The first-order valence-electron chi connectivity index (χ1n) is 12.8. The van der Waals surface area contributed by atoms with Crippen molar-refractivity contribution < 1.29 is 27.8 Å². The van der Waals surface area contributed by atoms with E-state index in [4.69, 9.17) is 15.2 Å². The lowest BCUT2D eigenvalue weighted by Crippen LogP contribution is -2.23. The average molecular weight is 523 g/mol. The van der Waals surface area contributed by atoms with Gasteiger partial charge in [0.05, 0.1) is 0 Å². The number of nitrogens with zero attached hydrogens (tertiary/aromatic N) is 1. The first-order chi connectivity index (χ1) is 18.3. The van der Waals surface area contributed by atoms with Gasteiger partial charge in [0.25, 0.3) is 5.91 Å². The Morgan fingerprint density at radius 2 is 1.66 bits per heavy atom. The Morgan fingerprint density at radius 1 is 0.947 bits per heavy atom. The third kappa shape index (κ3) is 6.95. The van der Waals surface area contributed by atoms with Gasteiger partial charge < -0.3 is 20.1 Å². The highest BCUT2D eigenvalue weighted by molar-refractivity contribution is 6.42. The second-order valence-corrected chi connectivity index (χ2v) is 9.48. The van der Waals surface area contributed by atoms with Gasteiger partial charge in [-0.25, -0.2) is 8.78 Å². The van der Waals surface area contributed by atoms with E-state index in [0.29, 0.717) is 19.0 Å². The number of rotatable bonds is 7. The zero-order valence-corrected chi connectivity index (χ0v) is 21.5.